The minimum atomic E-state index is -1.40. The van der Waals surface area contributed by atoms with E-state index in [0.29, 0.717) is 5.92 Å². The van der Waals surface area contributed by atoms with Crippen LogP contribution in [-0.2, 0) is 9.53 Å². The lowest BCUT2D eigenvalue weighted by atomic mass is 9.90. The van der Waals surface area contributed by atoms with Crippen molar-refractivity contribution in [3.05, 3.63) is 12.2 Å². The van der Waals surface area contributed by atoms with Crippen molar-refractivity contribution in [1.82, 2.24) is 0 Å². The van der Waals surface area contributed by atoms with Gasteiger partial charge in [-0.2, -0.15) is 0 Å². The van der Waals surface area contributed by atoms with Crippen LogP contribution in [0.4, 0.5) is 0 Å². The number of carbonyl (C=O) groups is 1. The molecule has 1 aliphatic carbocycles. The largest absolute Gasteiger partial charge is 0.462 e. The van der Waals surface area contributed by atoms with Gasteiger partial charge in [-0.15, -0.1) is 0 Å². The van der Waals surface area contributed by atoms with Crippen LogP contribution in [0.25, 0.3) is 0 Å². The highest BCUT2D eigenvalue weighted by molar-refractivity contribution is 6.80. The molecular weight excluding hydrogens is 192 g/mol. The molecule has 0 spiro atoms. The monoisotopic (exact) mass is 210 g/mol. The van der Waals surface area contributed by atoms with Crippen molar-refractivity contribution in [1.29, 1.82) is 0 Å². The van der Waals surface area contributed by atoms with E-state index in [1.807, 2.05) is 0 Å². The van der Waals surface area contributed by atoms with Gasteiger partial charge in [-0.25, -0.2) is 0 Å². The van der Waals surface area contributed by atoms with Crippen LogP contribution >= 0.6 is 0 Å². The van der Waals surface area contributed by atoms with Gasteiger partial charge >= 0.3 is 5.97 Å². The second kappa shape index (κ2) is 3.23. The third-order valence-electron chi connectivity index (χ3n) is 3.30. The fraction of sp³-hybridized carbons (Fsp3) is 0.727. The summed E-state index contributed by atoms with van der Waals surface area (Å²) >= 11 is 0. The summed E-state index contributed by atoms with van der Waals surface area (Å²) in [4.78, 5) is 11.8. The average Bonchev–Trinajstić information content (AvgIpc) is 2.38. The van der Waals surface area contributed by atoms with Crippen molar-refractivity contribution in [2.24, 2.45) is 5.92 Å². The molecule has 1 fully saturated rings. The molecule has 78 valence electrons. The second-order valence-corrected chi connectivity index (χ2v) is 10.8. The molecule has 0 aromatic heterocycles. The second-order valence-electron chi connectivity index (χ2n) is 5.43. The van der Waals surface area contributed by atoms with Crippen LogP contribution in [0.2, 0.25) is 25.2 Å². The molecule has 3 atom stereocenters. The fourth-order valence-electron chi connectivity index (χ4n) is 2.69. The van der Waals surface area contributed by atoms with E-state index in [1.165, 1.54) is 0 Å². The summed E-state index contributed by atoms with van der Waals surface area (Å²) in [6.07, 6.45) is 6.49. The van der Waals surface area contributed by atoms with Crippen LogP contribution in [0.5, 0.6) is 0 Å². The molecule has 1 aliphatic heterocycles. The van der Waals surface area contributed by atoms with E-state index in [0.717, 1.165) is 12.8 Å². The van der Waals surface area contributed by atoms with Gasteiger partial charge in [-0.05, 0) is 6.42 Å². The Bertz CT molecular complexity index is 278. The summed E-state index contributed by atoms with van der Waals surface area (Å²) in [7, 11) is -1.40. The standard InChI is InChI=1S/C11H18O2Si/c1-14(2,3)10-8-6-4-5-7-9(8)13-11(10)12/h4-5,8-10H,6-7H2,1-3H3/t8-,9-,10?/m1/s1. The number of hydrogen-bond donors (Lipinski definition) is 0. The third kappa shape index (κ3) is 1.54. The van der Waals surface area contributed by atoms with Gasteiger partial charge in [-0.1, -0.05) is 31.8 Å². The summed E-state index contributed by atoms with van der Waals surface area (Å²) in [5.74, 6) is 0.544. The quantitative estimate of drug-likeness (QED) is 0.378. The smallest absolute Gasteiger partial charge is 0.306 e. The van der Waals surface area contributed by atoms with Gasteiger partial charge in [0.2, 0.25) is 0 Å². The van der Waals surface area contributed by atoms with E-state index in [-0.39, 0.29) is 17.6 Å². The lowest BCUT2D eigenvalue weighted by Gasteiger charge is -2.28. The van der Waals surface area contributed by atoms with Gasteiger partial charge < -0.3 is 4.74 Å². The van der Waals surface area contributed by atoms with Crippen LogP contribution < -0.4 is 0 Å². The zero-order chi connectivity index (χ0) is 10.3. The normalized spacial score (nSPS) is 36.8. The molecule has 2 rings (SSSR count). The maximum Gasteiger partial charge on any atom is 0.306 e. The van der Waals surface area contributed by atoms with Gasteiger partial charge in [0.25, 0.3) is 0 Å². The zero-order valence-electron chi connectivity index (χ0n) is 9.12. The highest BCUT2D eigenvalue weighted by Gasteiger charge is 2.50. The molecule has 1 saturated heterocycles. The van der Waals surface area contributed by atoms with E-state index in [9.17, 15) is 4.79 Å². The highest BCUT2D eigenvalue weighted by Crippen LogP contribution is 2.45. The van der Waals surface area contributed by atoms with Gasteiger partial charge in [0.05, 0.1) is 13.6 Å². The fourth-order valence-corrected chi connectivity index (χ4v) is 5.10. The topological polar surface area (TPSA) is 26.3 Å². The number of ether oxygens (including phenoxy) is 1. The first-order valence-corrected chi connectivity index (χ1v) is 8.93. The van der Waals surface area contributed by atoms with Crippen molar-refractivity contribution in [3.8, 4) is 0 Å². The lowest BCUT2D eigenvalue weighted by Crippen LogP contribution is -2.36. The Morgan fingerprint density at radius 3 is 2.57 bits per heavy atom. The Kier molecular flexibility index (Phi) is 2.30. The summed E-state index contributed by atoms with van der Waals surface area (Å²) in [6.45, 7) is 6.79. The van der Waals surface area contributed by atoms with Crippen molar-refractivity contribution in [2.45, 2.75) is 44.1 Å². The maximum atomic E-state index is 11.8. The zero-order valence-corrected chi connectivity index (χ0v) is 10.1. The molecule has 0 amide bonds. The summed E-state index contributed by atoms with van der Waals surface area (Å²) < 4.78 is 5.45. The molecule has 3 heteroatoms. The lowest BCUT2D eigenvalue weighted by molar-refractivity contribution is -0.141. The van der Waals surface area contributed by atoms with Crippen molar-refractivity contribution in [3.63, 3.8) is 0 Å². The SMILES string of the molecule is C[Si](C)(C)C1C(=O)O[C@@H]2CC=CC[C@@H]12. The molecule has 0 aromatic rings. The summed E-state index contributed by atoms with van der Waals surface area (Å²) in [6, 6.07) is 0. The van der Waals surface area contributed by atoms with Crippen LogP contribution in [0, 0.1) is 5.92 Å². The molecule has 1 heterocycles. The van der Waals surface area contributed by atoms with E-state index >= 15 is 0 Å². The maximum absolute atomic E-state index is 11.8. The third-order valence-corrected chi connectivity index (χ3v) is 5.83. The van der Waals surface area contributed by atoms with Gasteiger partial charge in [0.15, 0.2) is 0 Å². The number of carbonyl (C=O) groups excluding carboxylic acids is 1. The van der Waals surface area contributed by atoms with Gasteiger partial charge in [-0.3, -0.25) is 4.79 Å². The molecule has 0 bridgehead atoms. The Morgan fingerprint density at radius 2 is 1.93 bits per heavy atom. The summed E-state index contributed by atoms with van der Waals surface area (Å²) in [5.41, 5.74) is 0.220. The molecule has 2 nitrogen and oxygen atoms in total. The van der Waals surface area contributed by atoms with Crippen LogP contribution in [0.15, 0.2) is 12.2 Å². The highest BCUT2D eigenvalue weighted by atomic mass is 28.3. The van der Waals surface area contributed by atoms with Crippen molar-refractivity contribution in [2.75, 3.05) is 0 Å². The first-order valence-electron chi connectivity index (χ1n) is 5.35. The number of allylic oxidation sites excluding steroid dienone is 1. The number of hydrogen-bond acceptors (Lipinski definition) is 2. The molecule has 2 aliphatic rings. The Labute approximate surface area is 86.3 Å². The van der Waals surface area contributed by atoms with Crippen molar-refractivity contribution < 1.29 is 9.53 Å². The van der Waals surface area contributed by atoms with E-state index in [4.69, 9.17) is 4.74 Å². The van der Waals surface area contributed by atoms with E-state index in [2.05, 4.69) is 31.8 Å². The molecule has 0 saturated carbocycles. The Balaban J connectivity index is 2.24. The Hall–Kier alpha value is -0.573. The van der Waals surface area contributed by atoms with Crippen LogP contribution in [-0.4, -0.2) is 20.1 Å². The van der Waals surface area contributed by atoms with Crippen LogP contribution in [0.3, 0.4) is 0 Å². The first-order chi connectivity index (χ1) is 6.50. The van der Waals surface area contributed by atoms with E-state index in [1.54, 1.807) is 0 Å². The molecule has 1 unspecified atom stereocenters. The number of rotatable bonds is 1. The minimum Gasteiger partial charge on any atom is -0.462 e. The summed E-state index contributed by atoms with van der Waals surface area (Å²) in [5, 5.41) is 0. The predicted molar refractivity (Wildman–Crippen MR) is 58.8 cm³/mol. The van der Waals surface area contributed by atoms with Crippen LogP contribution in [0.1, 0.15) is 12.8 Å². The van der Waals surface area contributed by atoms with Gasteiger partial charge in [0, 0.05) is 12.3 Å². The average molecular weight is 210 g/mol. The number of fused-ring (bicyclic) bond motifs is 1. The first kappa shape index (κ1) is 9.96. The molecule has 14 heavy (non-hydrogen) atoms. The molecule has 0 aromatic carbocycles. The predicted octanol–water partition coefficient (Wildman–Crippen LogP) is 2.59. The van der Waals surface area contributed by atoms with Crippen molar-refractivity contribution >= 4 is 14.0 Å². The molecular formula is C11H18O2Si. The minimum absolute atomic E-state index is 0.0721. The van der Waals surface area contributed by atoms with E-state index < -0.39 is 8.07 Å². The Morgan fingerprint density at radius 1 is 1.29 bits per heavy atom. The molecule has 0 radical (unpaired) electrons. The molecule has 0 N–H and O–H groups in total. The number of esters is 1. The van der Waals surface area contributed by atoms with Gasteiger partial charge in [0.1, 0.15) is 6.10 Å².